The number of carbonyl (C=O) groups excluding carboxylic acids is 3. The van der Waals surface area contributed by atoms with E-state index in [4.69, 9.17) is 4.74 Å². The number of amides is 1. The summed E-state index contributed by atoms with van der Waals surface area (Å²) in [5.41, 5.74) is 2.63. The molecular weight excluding hydrogens is 432 g/mol. The Morgan fingerprint density at radius 3 is 2.12 bits per heavy atom. The number of para-hydroxylation sites is 2. The molecule has 0 saturated carbocycles. The van der Waals surface area contributed by atoms with E-state index in [1.807, 2.05) is 60.7 Å². The number of benzene rings is 2. The summed E-state index contributed by atoms with van der Waals surface area (Å²) in [6, 6.07) is 18.0. The zero-order chi connectivity index (χ0) is 24.7. The van der Waals surface area contributed by atoms with Crippen LogP contribution in [0.3, 0.4) is 0 Å². The molecule has 0 aromatic heterocycles. The minimum absolute atomic E-state index is 0.0137. The fourth-order valence-corrected chi connectivity index (χ4v) is 3.96. The molecule has 1 aliphatic rings. The smallest absolute Gasteiger partial charge is 0.328 e. The summed E-state index contributed by atoms with van der Waals surface area (Å²) in [7, 11) is 3.59. The molecule has 2 aromatic rings. The molecule has 0 radical (unpaired) electrons. The maximum Gasteiger partial charge on any atom is 0.328 e. The average Bonchev–Trinajstić information content (AvgIpc) is 3.09. The Bertz CT molecular complexity index is 1110. The highest BCUT2D eigenvalue weighted by Gasteiger charge is 2.31. The maximum atomic E-state index is 12.9. The van der Waals surface area contributed by atoms with Gasteiger partial charge in [-0.1, -0.05) is 42.5 Å². The monoisotopic (exact) mass is 460 g/mol. The van der Waals surface area contributed by atoms with E-state index in [0.717, 1.165) is 16.9 Å². The molecule has 3 rings (SSSR count). The second-order valence-corrected chi connectivity index (χ2v) is 7.90. The SMILES string of the molecule is CCOC(=O)C(Cc1ccccc1)NC(=O)CCC(=O)C(C#N)=C1N(C)c2ccccc2N1C. The van der Waals surface area contributed by atoms with Gasteiger partial charge in [0.1, 0.15) is 23.5 Å². The zero-order valence-electron chi connectivity index (χ0n) is 19.6. The number of ketones is 1. The van der Waals surface area contributed by atoms with Gasteiger partial charge in [0.05, 0.1) is 18.0 Å². The molecule has 1 amide bonds. The summed E-state index contributed by atoms with van der Waals surface area (Å²) in [6.07, 6.45) is -0.0276. The summed E-state index contributed by atoms with van der Waals surface area (Å²) in [6.45, 7) is 1.89. The number of allylic oxidation sites excluding steroid dienone is 1. The van der Waals surface area contributed by atoms with Gasteiger partial charge in [-0.3, -0.25) is 9.59 Å². The summed E-state index contributed by atoms with van der Waals surface area (Å²) in [5.74, 6) is -0.948. The van der Waals surface area contributed by atoms with Crippen molar-refractivity contribution in [1.29, 1.82) is 5.26 Å². The van der Waals surface area contributed by atoms with E-state index in [2.05, 4.69) is 5.32 Å². The molecule has 1 aliphatic heterocycles. The minimum Gasteiger partial charge on any atom is -0.464 e. The molecule has 34 heavy (non-hydrogen) atoms. The van der Waals surface area contributed by atoms with E-state index in [0.29, 0.717) is 5.82 Å². The van der Waals surface area contributed by atoms with Gasteiger partial charge in [0.2, 0.25) is 5.91 Å². The molecule has 0 aliphatic carbocycles. The zero-order valence-corrected chi connectivity index (χ0v) is 19.6. The average molecular weight is 461 g/mol. The number of ether oxygens (including phenoxy) is 1. The van der Waals surface area contributed by atoms with Crippen molar-refractivity contribution < 1.29 is 19.1 Å². The number of rotatable bonds is 9. The molecule has 8 nitrogen and oxygen atoms in total. The molecular formula is C26H28N4O4. The van der Waals surface area contributed by atoms with Crippen LogP contribution in [0, 0.1) is 11.3 Å². The Balaban J connectivity index is 1.68. The molecule has 0 saturated heterocycles. The molecule has 0 bridgehead atoms. The number of anilines is 2. The van der Waals surface area contributed by atoms with E-state index in [1.165, 1.54) is 0 Å². The fraction of sp³-hybridized carbons (Fsp3) is 0.308. The van der Waals surface area contributed by atoms with Crippen molar-refractivity contribution in [2.75, 3.05) is 30.5 Å². The van der Waals surface area contributed by atoms with Gasteiger partial charge in [-0.15, -0.1) is 0 Å². The summed E-state index contributed by atoms with van der Waals surface area (Å²) in [5, 5.41) is 12.4. The number of fused-ring (bicyclic) bond motifs is 1. The summed E-state index contributed by atoms with van der Waals surface area (Å²) in [4.78, 5) is 41.5. The van der Waals surface area contributed by atoms with E-state index >= 15 is 0 Å². The maximum absolute atomic E-state index is 12.9. The molecule has 2 aromatic carbocycles. The molecule has 1 atom stereocenters. The largest absolute Gasteiger partial charge is 0.464 e. The van der Waals surface area contributed by atoms with Gasteiger partial charge in [0, 0.05) is 33.4 Å². The van der Waals surface area contributed by atoms with Crippen LogP contribution < -0.4 is 15.1 Å². The molecule has 1 unspecified atom stereocenters. The summed E-state index contributed by atoms with van der Waals surface area (Å²) < 4.78 is 5.10. The molecule has 0 fully saturated rings. The minimum atomic E-state index is -0.861. The molecule has 1 N–H and O–H groups in total. The van der Waals surface area contributed by atoms with Crippen LogP contribution >= 0.6 is 0 Å². The Morgan fingerprint density at radius 2 is 1.56 bits per heavy atom. The van der Waals surface area contributed by atoms with E-state index in [9.17, 15) is 19.6 Å². The predicted molar refractivity (Wildman–Crippen MR) is 129 cm³/mol. The van der Waals surface area contributed by atoms with Crippen LogP contribution in [0.1, 0.15) is 25.3 Å². The van der Waals surface area contributed by atoms with Crippen molar-refractivity contribution in [3.63, 3.8) is 0 Å². The van der Waals surface area contributed by atoms with Crippen molar-refractivity contribution >= 4 is 29.0 Å². The highest BCUT2D eigenvalue weighted by Crippen LogP contribution is 2.40. The van der Waals surface area contributed by atoms with Gasteiger partial charge < -0.3 is 19.9 Å². The number of hydrogen-bond acceptors (Lipinski definition) is 7. The standard InChI is InChI=1S/C26H28N4O4/c1-4-34-26(33)20(16-18-10-6-5-7-11-18)28-24(32)15-14-23(31)19(17-27)25-29(2)21-12-8-9-13-22(21)30(25)3/h5-13,20H,4,14-16H2,1-3H3,(H,28,32). The molecule has 0 spiro atoms. The highest BCUT2D eigenvalue weighted by molar-refractivity contribution is 6.03. The number of hydrogen-bond donors (Lipinski definition) is 1. The Kier molecular flexibility index (Phi) is 8.04. The molecule has 1 heterocycles. The van der Waals surface area contributed by atoms with Crippen molar-refractivity contribution in [1.82, 2.24) is 5.32 Å². The topological polar surface area (TPSA) is 103 Å². The van der Waals surface area contributed by atoms with E-state index in [-0.39, 0.29) is 31.4 Å². The third-order valence-corrected chi connectivity index (χ3v) is 5.62. The van der Waals surface area contributed by atoms with Crippen LogP contribution in [0.5, 0.6) is 0 Å². The number of nitrogens with zero attached hydrogens (tertiary/aromatic N) is 3. The Hall–Kier alpha value is -4.12. The number of carbonyl (C=O) groups is 3. The van der Waals surface area contributed by atoms with Crippen LogP contribution in [0.25, 0.3) is 0 Å². The molecule has 8 heteroatoms. The van der Waals surface area contributed by atoms with E-state index in [1.54, 1.807) is 30.8 Å². The number of nitriles is 1. The van der Waals surface area contributed by atoms with Crippen LogP contribution in [-0.2, 0) is 25.5 Å². The Morgan fingerprint density at radius 1 is 0.971 bits per heavy atom. The highest BCUT2D eigenvalue weighted by atomic mass is 16.5. The van der Waals surface area contributed by atoms with E-state index < -0.39 is 23.7 Å². The Labute approximate surface area is 199 Å². The third-order valence-electron chi connectivity index (χ3n) is 5.62. The first-order valence-corrected chi connectivity index (χ1v) is 11.1. The third kappa shape index (κ3) is 5.44. The first-order valence-electron chi connectivity index (χ1n) is 11.1. The lowest BCUT2D eigenvalue weighted by molar-refractivity contribution is -0.147. The van der Waals surface area contributed by atoms with Crippen LogP contribution in [0.4, 0.5) is 11.4 Å². The fourth-order valence-electron chi connectivity index (χ4n) is 3.96. The second kappa shape index (κ2) is 11.1. The normalized spacial score (nSPS) is 13.1. The van der Waals surface area contributed by atoms with Gasteiger partial charge in [-0.2, -0.15) is 5.26 Å². The molecule has 176 valence electrons. The first-order chi connectivity index (χ1) is 16.4. The van der Waals surface area contributed by atoms with Crippen molar-refractivity contribution in [2.24, 2.45) is 0 Å². The van der Waals surface area contributed by atoms with Crippen LogP contribution in [0.15, 0.2) is 66.0 Å². The number of esters is 1. The number of nitrogens with one attached hydrogen (secondary N) is 1. The quantitative estimate of drug-likeness (QED) is 0.349. The van der Waals surface area contributed by atoms with Crippen molar-refractivity contribution in [3.8, 4) is 6.07 Å². The number of Topliss-reactive ketones (excluding diaryl/α,β-unsaturated/α-hetero) is 1. The first kappa shape index (κ1) is 24.5. The van der Waals surface area contributed by atoms with Gasteiger partial charge in [0.25, 0.3) is 0 Å². The van der Waals surface area contributed by atoms with Gasteiger partial charge in [-0.05, 0) is 24.6 Å². The second-order valence-electron chi connectivity index (χ2n) is 7.90. The van der Waals surface area contributed by atoms with Crippen molar-refractivity contribution in [3.05, 3.63) is 71.6 Å². The van der Waals surface area contributed by atoms with Gasteiger partial charge >= 0.3 is 5.97 Å². The van der Waals surface area contributed by atoms with Crippen LogP contribution in [-0.4, -0.2) is 44.4 Å². The van der Waals surface area contributed by atoms with Crippen molar-refractivity contribution in [2.45, 2.75) is 32.2 Å². The lowest BCUT2D eigenvalue weighted by Gasteiger charge is -2.20. The van der Waals surface area contributed by atoms with Crippen LogP contribution in [0.2, 0.25) is 0 Å². The summed E-state index contributed by atoms with van der Waals surface area (Å²) >= 11 is 0. The van der Waals surface area contributed by atoms with Gasteiger partial charge in [0.15, 0.2) is 5.78 Å². The lowest BCUT2D eigenvalue weighted by atomic mass is 10.0. The predicted octanol–water partition coefficient (Wildman–Crippen LogP) is 2.95. The lowest BCUT2D eigenvalue weighted by Crippen LogP contribution is -2.43. The van der Waals surface area contributed by atoms with Gasteiger partial charge in [-0.25, -0.2) is 4.79 Å².